The molecule has 0 spiro atoms. The van der Waals surface area contributed by atoms with Crippen LogP contribution in [-0.2, 0) is 4.79 Å². The molecule has 0 fully saturated rings. The van der Waals surface area contributed by atoms with Gasteiger partial charge < -0.3 is 16.2 Å². The van der Waals surface area contributed by atoms with Crippen molar-refractivity contribution in [1.29, 1.82) is 0 Å². The number of carbonyl (C=O) groups is 1. The maximum atomic E-state index is 11.0. The van der Waals surface area contributed by atoms with E-state index < -0.39 is 12.1 Å². The Hall–Kier alpha value is -0.870. The van der Waals surface area contributed by atoms with E-state index in [4.69, 9.17) is 5.73 Å². The molecule has 0 aliphatic carbocycles. The van der Waals surface area contributed by atoms with E-state index >= 15 is 0 Å². The fraction of sp³-hybridized carbons (Fsp3) is 0.850. The minimum Gasteiger partial charge on any atom is -0.387 e. The zero-order valence-electron chi connectivity index (χ0n) is 15.9. The molecule has 0 unspecified atom stereocenters. The van der Waals surface area contributed by atoms with E-state index in [-0.39, 0.29) is 12.5 Å². The minimum atomic E-state index is -0.702. The van der Waals surface area contributed by atoms with E-state index in [0.29, 0.717) is 0 Å². The first kappa shape index (κ1) is 23.1. The Kier molecular flexibility index (Phi) is 16.4. The largest absolute Gasteiger partial charge is 0.387 e. The van der Waals surface area contributed by atoms with Crippen LogP contribution in [0.2, 0.25) is 0 Å². The summed E-state index contributed by atoms with van der Waals surface area (Å²) in [5.74, 6) is -0.164. The first-order chi connectivity index (χ1) is 11.6. The Bertz CT molecular complexity index is 319. The lowest BCUT2D eigenvalue weighted by atomic mass is 10.0. The molecule has 0 aliphatic heterocycles. The van der Waals surface area contributed by atoms with Crippen molar-refractivity contribution in [3.8, 4) is 0 Å². The summed E-state index contributed by atoms with van der Waals surface area (Å²) in [5.41, 5.74) is 5.56. The van der Waals surface area contributed by atoms with Gasteiger partial charge in [0.25, 0.3) is 0 Å². The van der Waals surface area contributed by atoms with Crippen LogP contribution in [0.4, 0.5) is 0 Å². The Balaban J connectivity index is 3.47. The molecular formula is C20H40N2O2. The fourth-order valence-corrected chi connectivity index (χ4v) is 2.84. The number of rotatable bonds is 16. The molecule has 0 aliphatic rings. The zero-order valence-corrected chi connectivity index (χ0v) is 15.9. The molecule has 0 rings (SSSR count). The van der Waals surface area contributed by atoms with Crippen LogP contribution >= 0.6 is 0 Å². The average Bonchev–Trinajstić information content (AvgIpc) is 2.56. The summed E-state index contributed by atoms with van der Waals surface area (Å²) in [6.45, 7) is 3.93. The van der Waals surface area contributed by atoms with Gasteiger partial charge >= 0.3 is 0 Å². The van der Waals surface area contributed by atoms with Crippen molar-refractivity contribution in [3.05, 3.63) is 12.2 Å². The van der Waals surface area contributed by atoms with Crippen LogP contribution in [0.15, 0.2) is 12.2 Å². The van der Waals surface area contributed by atoms with Crippen molar-refractivity contribution in [2.45, 2.75) is 103 Å². The van der Waals surface area contributed by atoms with E-state index in [1.807, 2.05) is 6.08 Å². The van der Waals surface area contributed by atoms with Gasteiger partial charge in [-0.25, -0.2) is 0 Å². The minimum absolute atomic E-state index is 0.164. The van der Waals surface area contributed by atoms with Gasteiger partial charge in [-0.2, -0.15) is 0 Å². The number of aliphatic hydroxyl groups is 1. The SMILES string of the molecule is CCCCCCCCCCCCCC=C[C@@H](O)[C@H](CN)NC(C)=O. The van der Waals surface area contributed by atoms with Gasteiger partial charge in [-0.1, -0.05) is 83.3 Å². The van der Waals surface area contributed by atoms with E-state index in [1.165, 1.54) is 71.1 Å². The molecule has 4 N–H and O–H groups in total. The number of hydrogen-bond donors (Lipinski definition) is 3. The van der Waals surface area contributed by atoms with Crippen LogP contribution in [-0.4, -0.2) is 29.7 Å². The summed E-state index contributed by atoms with van der Waals surface area (Å²) in [5, 5.41) is 12.6. The Labute approximate surface area is 149 Å². The molecule has 4 heteroatoms. The average molecular weight is 341 g/mol. The van der Waals surface area contributed by atoms with Crippen molar-refractivity contribution in [3.63, 3.8) is 0 Å². The van der Waals surface area contributed by atoms with Gasteiger partial charge in [0.2, 0.25) is 5.91 Å². The highest BCUT2D eigenvalue weighted by molar-refractivity contribution is 5.73. The van der Waals surface area contributed by atoms with Gasteiger partial charge in [-0.05, 0) is 12.8 Å². The number of amides is 1. The maximum Gasteiger partial charge on any atom is 0.217 e. The van der Waals surface area contributed by atoms with Crippen LogP contribution in [0.5, 0.6) is 0 Å². The lowest BCUT2D eigenvalue weighted by molar-refractivity contribution is -0.120. The number of nitrogens with one attached hydrogen (secondary N) is 1. The van der Waals surface area contributed by atoms with Crippen molar-refractivity contribution < 1.29 is 9.90 Å². The Morgan fingerprint density at radius 1 is 1.00 bits per heavy atom. The van der Waals surface area contributed by atoms with Crippen LogP contribution < -0.4 is 11.1 Å². The zero-order chi connectivity index (χ0) is 18.0. The Morgan fingerprint density at radius 3 is 1.96 bits per heavy atom. The molecule has 0 bridgehead atoms. The van der Waals surface area contributed by atoms with Crippen molar-refractivity contribution >= 4 is 5.91 Å². The summed E-state index contributed by atoms with van der Waals surface area (Å²) in [4.78, 5) is 11.0. The molecule has 0 heterocycles. The van der Waals surface area contributed by atoms with Crippen LogP contribution in [0.1, 0.15) is 90.9 Å². The second-order valence-electron chi connectivity index (χ2n) is 6.79. The van der Waals surface area contributed by atoms with Crippen molar-refractivity contribution in [1.82, 2.24) is 5.32 Å². The second kappa shape index (κ2) is 17.0. The summed E-state index contributed by atoms with van der Waals surface area (Å²) < 4.78 is 0. The van der Waals surface area contributed by atoms with Crippen LogP contribution in [0.3, 0.4) is 0 Å². The normalized spacial score (nSPS) is 14.0. The van der Waals surface area contributed by atoms with Crippen molar-refractivity contribution in [2.75, 3.05) is 6.54 Å². The van der Waals surface area contributed by atoms with Gasteiger partial charge in [-0.3, -0.25) is 4.79 Å². The first-order valence-corrected chi connectivity index (χ1v) is 9.93. The number of hydrogen-bond acceptors (Lipinski definition) is 3. The molecular weight excluding hydrogens is 300 g/mol. The van der Waals surface area contributed by atoms with Gasteiger partial charge in [0, 0.05) is 13.5 Å². The van der Waals surface area contributed by atoms with E-state index in [0.717, 1.165) is 12.8 Å². The highest BCUT2D eigenvalue weighted by Crippen LogP contribution is 2.12. The molecule has 142 valence electrons. The third-order valence-electron chi connectivity index (χ3n) is 4.36. The lowest BCUT2D eigenvalue weighted by Crippen LogP contribution is -2.46. The topological polar surface area (TPSA) is 75.3 Å². The van der Waals surface area contributed by atoms with Gasteiger partial charge in [-0.15, -0.1) is 0 Å². The maximum absolute atomic E-state index is 11.0. The molecule has 4 nitrogen and oxygen atoms in total. The number of carbonyl (C=O) groups excluding carboxylic acids is 1. The molecule has 2 atom stereocenters. The fourth-order valence-electron chi connectivity index (χ4n) is 2.84. The number of aliphatic hydroxyl groups excluding tert-OH is 1. The molecule has 0 saturated carbocycles. The van der Waals surface area contributed by atoms with Gasteiger partial charge in [0.1, 0.15) is 0 Å². The molecule has 0 saturated heterocycles. The third kappa shape index (κ3) is 14.7. The number of unbranched alkanes of at least 4 members (excludes halogenated alkanes) is 11. The quantitative estimate of drug-likeness (QED) is 0.293. The molecule has 1 amide bonds. The predicted octanol–water partition coefficient (Wildman–Crippen LogP) is 4.07. The van der Waals surface area contributed by atoms with Crippen LogP contribution in [0.25, 0.3) is 0 Å². The lowest BCUT2D eigenvalue weighted by Gasteiger charge is -2.19. The van der Waals surface area contributed by atoms with E-state index in [9.17, 15) is 9.90 Å². The first-order valence-electron chi connectivity index (χ1n) is 9.93. The Morgan fingerprint density at radius 2 is 1.50 bits per heavy atom. The van der Waals surface area contributed by atoms with Crippen molar-refractivity contribution in [2.24, 2.45) is 5.73 Å². The van der Waals surface area contributed by atoms with Crippen LogP contribution in [0, 0.1) is 0 Å². The standard InChI is InChI=1S/C20H40N2O2/c1-3-4-5-6-7-8-9-10-11-12-13-14-15-16-20(24)19(17-21)22-18(2)23/h15-16,19-20,24H,3-14,17,21H2,1-2H3,(H,22,23)/t19-,20+/m0/s1. The van der Waals surface area contributed by atoms with E-state index in [1.54, 1.807) is 6.08 Å². The monoisotopic (exact) mass is 340 g/mol. The van der Waals surface area contributed by atoms with Gasteiger partial charge in [0.05, 0.1) is 12.1 Å². The predicted molar refractivity (Wildman–Crippen MR) is 103 cm³/mol. The summed E-state index contributed by atoms with van der Waals surface area (Å²) in [7, 11) is 0. The molecule has 0 aromatic rings. The molecule has 24 heavy (non-hydrogen) atoms. The smallest absolute Gasteiger partial charge is 0.217 e. The highest BCUT2D eigenvalue weighted by Gasteiger charge is 2.15. The third-order valence-corrected chi connectivity index (χ3v) is 4.36. The number of allylic oxidation sites excluding steroid dienone is 1. The van der Waals surface area contributed by atoms with E-state index in [2.05, 4.69) is 12.2 Å². The number of nitrogens with two attached hydrogens (primary N) is 1. The highest BCUT2D eigenvalue weighted by atomic mass is 16.3. The summed E-state index contributed by atoms with van der Waals surface area (Å²) in [6.07, 6.45) is 18.8. The molecule has 0 aromatic heterocycles. The summed E-state index contributed by atoms with van der Waals surface area (Å²) in [6, 6.07) is -0.393. The molecule has 0 aromatic carbocycles. The second-order valence-corrected chi connectivity index (χ2v) is 6.79. The summed E-state index contributed by atoms with van der Waals surface area (Å²) >= 11 is 0. The van der Waals surface area contributed by atoms with Gasteiger partial charge in [0.15, 0.2) is 0 Å². The molecule has 0 radical (unpaired) electrons.